The molecule has 0 aromatic carbocycles. The van der Waals surface area contributed by atoms with Crippen molar-refractivity contribution < 1.29 is 44.5 Å². The van der Waals surface area contributed by atoms with Gasteiger partial charge in [-0.15, -0.1) is 0 Å². The van der Waals surface area contributed by atoms with E-state index >= 15 is 0 Å². The van der Waals surface area contributed by atoms with Gasteiger partial charge in [0.15, 0.2) is 6.29 Å². The molecule has 0 aromatic rings. The second kappa shape index (κ2) is 6.95. The molecule has 2 fully saturated rings. The molecule has 9 atom stereocenters. The molecule has 1 saturated carbocycles. The van der Waals surface area contributed by atoms with Crippen LogP contribution in [-0.2, 0) is 19.0 Å². The first kappa shape index (κ1) is 17.6. The molecule has 2 aliphatic heterocycles. The first-order valence-corrected chi connectivity index (χ1v) is 7.95. The fourth-order valence-electron chi connectivity index (χ4n) is 3.71. The number of carboxylic acid groups (broad SMARTS) is 1. The first-order chi connectivity index (χ1) is 11.4. The van der Waals surface area contributed by atoms with E-state index in [4.69, 9.17) is 14.2 Å². The number of ether oxygens (including phenoxy) is 3. The summed E-state index contributed by atoms with van der Waals surface area (Å²) < 4.78 is 16.3. The number of fused-ring (bicyclic) bond motifs is 1. The van der Waals surface area contributed by atoms with Gasteiger partial charge in [0.05, 0.1) is 18.8 Å². The molecule has 5 N–H and O–H groups in total. The summed E-state index contributed by atoms with van der Waals surface area (Å²) in [5.74, 6) is -2.05. The van der Waals surface area contributed by atoms with Crippen LogP contribution in [0.2, 0.25) is 0 Å². The number of aliphatic hydroxyl groups is 4. The van der Waals surface area contributed by atoms with Gasteiger partial charge in [-0.1, -0.05) is 0 Å². The predicted octanol–water partition coefficient (Wildman–Crippen LogP) is -1.60. The molecular formula is C15H22O9. The molecule has 24 heavy (non-hydrogen) atoms. The molecule has 0 unspecified atom stereocenters. The highest BCUT2D eigenvalue weighted by molar-refractivity contribution is 5.71. The molecule has 1 saturated heterocycles. The van der Waals surface area contributed by atoms with Crippen LogP contribution in [0.3, 0.4) is 0 Å². The van der Waals surface area contributed by atoms with Gasteiger partial charge in [-0.25, -0.2) is 0 Å². The van der Waals surface area contributed by atoms with Crippen molar-refractivity contribution in [3.63, 3.8) is 0 Å². The first-order valence-electron chi connectivity index (χ1n) is 7.95. The summed E-state index contributed by atoms with van der Waals surface area (Å²) in [4.78, 5) is 11.4. The molecule has 0 radical (unpaired) electrons. The third-order valence-electron chi connectivity index (χ3n) is 5.06. The summed E-state index contributed by atoms with van der Waals surface area (Å²) in [6.07, 6.45) is -3.61. The van der Waals surface area contributed by atoms with E-state index in [1.165, 1.54) is 6.26 Å². The maximum absolute atomic E-state index is 11.4. The zero-order valence-electron chi connectivity index (χ0n) is 12.8. The van der Waals surface area contributed by atoms with Crippen LogP contribution in [-0.4, -0.2) is 75.1 Å². The van der Waals surface area contributed by atoms with Gasteiger partial charge in [0.25, 0.3) is 0 Å². The summed E-state index contributed by atoms with van der Waals surface area (Å²) in [6, 6.07) is 0. The topological polar surface area (TPSA) is 146 Å². The Bertz CT molecular complexity index is 493. The third kappa shape index (κ3) is 3.03. The van der Waals surface area contributed by atoms with Gasteiger partial charge in [-0.3, -0.25) is 4.79 Å². The van der Waals surface area contributed by atoms with Crippen LogP contribution in [0.1, 0.15) is 12.8 Å². The van der Waals surface area contributed by atoms with Crippen molar-refractivity contribution in [1.82, 2.24) is 0 Å². The number of carboxylic acids is 1. The number of aliphatic carboxylic acids is 1. The van der Waals surface area contributed by atoms with E-state index < -0.39 is 61.4 Å². The number of rotatable bonds is 4. The van der Waals surface area contributed by atoms with Crippen LogP contribution in [0.15, 0.2) is 12.3 Å². The monoisotopic (exact) mass is 346 g/mol. The van der Waals surface area contributed by atoms with E-state index in [2.05, 4.69) is 0 Å². The van der Waals surface area contributed by atoms with Crippen LogP contribution in [0, 0.1) is 17.8 Å². The molecule has 1 aliphatic carbocycles. The second-order valence-corrected chi connectivity index (χ2v) is 6.43. The lowest BCUT2D eigenvalue weighted by molar-refractivity contribution is -0.342. The second-order valence-electron chi connectivity index (χ2n) is 6.43. The normalized spacial score (nSPS) is 47.9. The molecular weight excluding hydrogens is 324 g/mol. The minimum atomic E-state index is -1.56. The zero-order chi connectivity index (χ0) is 17.4. The minimum Gasteiger partial charge on any atom is -0.481 e. The number of aliphatic hydroxyl groups excluding tert-OH is 4. The fraction of sp³-hybridized carbons (Fsp3) is 0.800. The van der Waals surface area contributed by atoms with Crippen LogP contribution in [0.5, 0.6) is 0 Å². The standard InChI is InChI=1S/C15H22O9/c16-5-8-10(17)11(18)12(19)15(23-8)24-14-9-6(3-4-22-14)1-2-7(9)13(20)21/h3-4,6-12,14-19H,1-2,5H2,(H,20,21)/t6-,7-,8-,9+,10-,11+,12-,14+,15+/m1/s1. The van der Waals surface area contributed by atoms with Crippen molar-refractivity contribution in [1.29, 1.82) is 0 Å². The smallest absolute Gasteiger partial charge is 0.307 e. The summed E-state index contributed by atoms with van der Waals surface area (Å²) in [5, 5.41) is 48.2. The summed E-state index contributed by atoms with van der Waals surface area (Å²) in [7, 11) is 0. The maximum Gasteiger partial charge on any atom is 0.307 e. The van der Waals surface area contributed by atoms with E-state index in [-0.39, 0.29) is 5.92 Å². The fourth-order valence-corrected chi connectivity index (χ4v) is 3.71. The molecule has 9 nitrogen and oxygen atoms in total. The average molecular weight is 346 g/mol. The Balaban J connectivity index is 1.74. The van der Waals surface area contributed by atoms with Gasteiger partial charge in [-0.2, -0.15) is 0 Å². The zero-order valence-corrected chi connectivity index (χ0v) is 12.8. The van der Waals surface area contributed by atoms with Crippen molar-refractivity contribution in [2.45, 2.75) is 49.8 Å². The lowest BCUT2D eigenvalue weighted by Crippen LogP contribution is -2.60. The Kier molecular flexibility index (Phi) is 5.09. The van der Waals surface area contributed by atoms with Gasteiger partial charge in [0.2, 0.25) is 6.29 Å². The van der Waals surface area contributed by atoms with Gasteiger partial charge in [-0.05, 0) is 24.8 Å². The predicted molar refractivity (Wildman–Crippen MR) is 76.2 cm³/mol. The van der Waals surface area contributed by atoms with Crippen molar-refractivity contribution in [3.8, 4) is 0 Å². The van der Waals surface area contributed by atoms with Gasteiger partial charge >= 0.3 is 5.97 Å². The van der Waals surface area contributed by atoms with Crippen molar-refractivity contribution in [2.24, 2.45) is 17.8 Å². The molecule has 0 amide bonds. The van der Waals surface area contributed by atoms with Gasteiger partial charge < -0.3 is 39.7 Å². The number of allylic oxidation sites excluding steroid dienone is 1. The van der Waals surface area contributed by atoms with Crippen LogP contribution in [0.25, 0.3) is 0 Å². The summed E-state index contributed by atoms with van der Waals surface area (Å²) >= 11 is 0. The molecule has 2 heterocycles. The number of carbonyl (C=O) groups is 1. The third-order valence-corrected chi connectivity index (χ3v) is 5.06. The summed E-state index contributed by atoms with van der Waals surface area (Å²) in [5.41, 5.74) is 0. The largest absolute Gasteiger partial charge is 0.481 e. The number of hydrogen-bond acceptors (Lipinski definition) is 8. The molecule has 0 spiro atoms. The molecule has 136 valence electrons. The lowest BCUT2D eigenvalue weighted by atomic mass is 9.87. The Morgan fingerprint density at radius 2 is 1.88 bits per heavy atom. The van der Waals surface area contributed by atoms with E-state index in [0.29, 0.717) is 12.8 Å². The molecule has 0 bridgehead atoms. The van der Waals surface area contributed by atoms with E-state index in [0.717, 1.165) is 0 Å². The molecule has 9 heteroatoms. The Hall–Kier alpha value is -1.23. The van der Waals surface area contributed by atoms with E-state index in [9.17, 15) is 30.3 Å². The Morgan fingerprint density at radius 3 is 2.54 bits per heavy atom. The molecule has 0 aromatic heterocycles. The highest BCUT2D eigenvalue weighted by atomic mass is 16.8. The lowest BCUT2D eigenvalue weighted by Gasteiger charge is -2.42. The Morgan fingerprint density at radius 1 is 1.12 bits per heavy atom. The van der Waals surface area contributed by atoms with Crippen LogP contribution < -0.4 is 0 Å². The quantitative estimate of drug-likeness (QED) is 0.406. The van der Waals surface area contributed by atoms with Crippen LogP contribution in [0.4, 0.5) is 0 Å². The minimum absolute atomic E-state index is 0.0188. The number of hydrogen-bond donors (Lipinski definition) is 5. The van der Waals surface area contributed by atoms with Crippen molar-refractivity contribution >= 4 is 5.97 Å². The van der Waals surface area contributed by atoms with Crippen molar-refractivity contribution in [3.05, 3.63) is 12.3 Å². The van der Waals surface area contributed by atoms with E-state index in [1.807, 2.05) is 0 Å². The maximum atomic E-state index is 11.4. The van der Waals surface area contributed by atoms with Crippen molar-refractivity contribution in [2.75, 3.05) is 6.61 Å². The van der Waals surface area contributed by atoms with Gasteiger partial charge in [0.1, 0.15) is 24.4 Å². The van der Waals surface area contributed by atoms with Crippen LogP contribution >= 0.6 is 0 Å². The van der Waals surface area contributed by atoms with Gasteiger partial charge in [0, 0.05) is 5.92 Å². The SMILES string of the molecule is O=C(O)[C@@H]1CC[C@@H]2C=CO[C@@H](O[C@@H]3O[C@H](CO)[C@@H](O)[C@H](O)[C@H]3O)[C@@H]21. The average Bonchev–Trinajstić information content (AvgIpc) is 3.00. The molecule has 3 aliphatic rings. The summed E-state index contributed by atoms with van der Waals surface area (Å²) in [6.45, 7) is -0.569. The highest BCUT2D eigenvalue weighted by Gasteiger charge is 2.50. The molecule has 3 rings (SSSR count). The van der Waals surface area contributed by atoms with E-state index in [1.54, 1.807) is 6.08 Å². The Labute approximate surface area is 138 Å². The highest BCUT2D eigenvalue weighted by Crippen LogP contribution is 2.44.